The number of rotatable bonds is 7. The van der Waals surface area contributed by atoms with Crippen molar-refractivity contribution in [3.05, 3.63) is 69.5 Å². The molecule has 2 aromatic carbocycles. The second-order valence-electron chi connectivity index (χ2n) is 6.42. The molecule has 3 rings (SSSR count). The highest BCUT2D eigenvalue weighted by Crippen LogP contribution is 2.21. The monoisotopic (exact) mass is 463 g/mol. The Balaban J connectivity index is 1.53. The molecule has 0 fully saturated rings. The zero-order valence-electron chi connectivity index (χ0n) is 16.3. The molecule has 1 aromatic heterocycles. The molecule has 10 heteroatoms. The van der Waals surface area contributed by atoms with Gasteiger partial charge in [0.1, 0.15) is 0 Å². The number of halogens is 2. The molecule has 7 nitrogen and oxygen atoms in total. The Labute approximate surface area is 188 Å². The van der Waals surface area contributed by atoms with Crippen LogP contribution in [0.4, 0.5) is 5.69 Å². The number of amides is 2. The van der Waals surface area contributed by atoms with E-state index in [2.05, 4.69) is 20.8 Å². The normalized spacial score (nSPS) is 10.7. The van der Waals surface area contributed by atoms with Gasteiger partial charge in [-0.1, -0.05) is 53.2 Å². The average molecular weight is 464 g/mol. The number of carbonyl (C=O) groups is 2. The Bertz CT molecular complexity index is 1090. The standard InChI is InChI=1S/C20H19Cl2N5O2S/c1-12-7-8-13(9-16(12)22)24-18(28)11-30-20-26-25-17(27(20)2)10-23-19(29)14-5-3-4-6-15(14)21/h3-9H,10-11H2,1-2H3,(H,23,29)(H,24,28). The highest BCUT2D eigenvalue weighted by atomic mass is 35.5. The molecule has 156 valence electrons. The van der Waals surface area contributed by atoms with Gasteiger partial charge in [-0.2, -0.15) is 0 Å². The van der Waals surface area contributed by atoms with Gasteiger partial charge in [0.15, 0.2) is 11.0 Å². The van der Waals surface area contributed by atoms with Crippen LogP contribution in [0.1, 0.15) is 21.7 Å². The zero-order valence-corrected chi connectivity index (χ0v) is 18.6. The number of aryl methyl sites for hydroxylation is 1. The molecular formula is C20H19Cl2N5O2S. The van der Waals surface area contributed by atoms with Gasteiger partial charge in [-0.25, -0.2) is 0 Å². The van der Waals surface area contributed by atoms with Crippen molar-refractivity contribution >= 4 is 52.5 Å². The Hall–Kier alpha value is -2.55. The van der Waals surface area contributed by atoms with Crippen molar-refractivity contribution in [2.24, 2.45) is 7.05 Å². The van der Waals surface area contributed by atoms with Crippen molar-refractivity contribution in [2.45, 2.75) is 18.6 Å². The minimum absolute atomic E-state index is 0.156. The van der Waals surface area contributed by atoms with Gasteiger partial charge < -0.3 is 15.2 Å². The summed E-state index contributed by atoms with van der Waals surface area (Å²) < 4.78 is 1.73. The van der Waals surface area contributed by atoms with Crippen LogP contribution in [0, 0.1) is 6.92 Å². The van der Waals surface area contributed by atoms with Crippen LogP contribution in [-0.2, 0) is 18.4 Å². The Kier molecular flexibility index (Phi) is 7.36. The fourth-order valence-electron chi connectivity index (χ4n) is 2.52. The van der Waals surface area contributed by atoms with Crippen LogP contribution >= 0.6 is 35.0 Å². The molecule has 0 aliphatic carbocycles. The number of nitrogens with one attached hydrogen (secondary N) is 2. The van der Waals surface area contributed by atoms with Crippen LogP contribution in [0.15, 0.2) is 47.6 Å². The van der Waals surface area contributed by atoms with E-state index in [1.165, 1.54) is 11.8 Å². The molecule has 2 N–H and O–H groups in total. The minimum atomic E-state index is -0.297. The van der Waals surface area contributed by atoms with E-state index < -0.39 is 0 Å². The van der Waals surface area contributed by atoms with Gasteiger partial charge in [0, 0.05) is 17.8 Å². The largest absolute Gasteiger partial charge is 0.345 e. The highest BCUT2D eigenvalue weighted by Gasteiger charge is 2.14. The summed E-state index contributed by atoms with van der Waals surface area (Å²) in [5.74, 6) is 0.234. The topological polar surface area (TPSA) is 88.9 Å². The van der Waals surface area contributed by atoms with Gasteiger partial charge in [-0.3, -0.25) is 9.59 Å². The number of anilines is 1. The Morgan fingerprint density at radius 1 is 1.10 bits per heavy atom. The van der Waals surface area contributed by atoms with E-state index in [0.717, 1.165) is 5.56 Å². The van der Waals surface area contributed by atoms with E-state index in [0.29, 0.717) is 32.3 Å². The summed E-state index contributed by atoms with van der Waals surface area (Å²) in [6.07, 6.45) is 0. The molecule has 0 bridgehead atoms. The molecule has 0 aliphatic rings. The molecule has 0 unspecified atom stereocenters. The predicted octanol–water partition coefficient (Wildman–Crippen LogP) is 4.09. The van der Waals surface area contributed by atoms with Crippen molar-refractivity contribution in [1.29, 1.82) is 0 Å². The molecule has 0 aliphatic heterocycles. The van der Waals surface area contributed by atoms with Gasteiger partial charge in [0.05, 0.1) is 22.9 Å². The molecule has 30 heavy (non-hydrogen) atoms. The SMILES string of the molecule is Cc1ccc(NC(=O)CSc2nnc(CNC(=O)c3ccccc3Cl)n2C)cc1Cl. The number of hydrogen-bond donors (Lipinski definition) is 2. The van der Waals surface area contributed by atoms with Gasteiger partial charge in [-0.05, 0) is 36.8 Å². The smallest absolute Gasteiger partial charge is 0.253 e. The highest BCUT2D eigenvalue weighted by molar-refractivity contribution is 7.99. The third kappa shape index (κ3) is 5.53. The Morgan fingerprint density at radius 3 is 2.60 bits per heavy atom. The van der Waals surface area contributed by atoms with Crippen molar-refractivity contribution < 1.29 is 9.59 Å². The fourth-order valence-corrected chi connectivity index (χ4v) is 3.65. The lowest BCUT2D eigenvalue weighted by atomic mass is 10.2. The third-order valence-corrected chi connectivity index (χ3v) is 6.00. The zero-order chi connectivity index (χ0) is 21.7. The van der Waals surface area contributed by atoms with E-state index in [9.17, 15) is 9.59 Å². The lowest BCUT2D eigenvalue weighted by Crippen LogP contribution is -2.24. The molecule has 1 heterocycles. The molecule has 0 atom stereocenters. The van der Waals surface area contributed by atoms with Gasteiger partial charge >= 0.3 is 0 Å². The number of aromatic nitrogens is 3. The maximum Gasteiger partial charge on any atom is 0.253 e. The maximum absolute atomic E-state index is 12.3. The number of thioether (sulfide) groups is 1. The summed E-state index contributed by atoms with van der Waals surface area (Å²) in [6, 6.07) is 12.2. The summed E-state index contributed by atoms with van der Waals surface area (Å²) in [5, 5.41) is 15.3. The molecule has 2 amide bonds. The third-order valence-electron chi connectivity index (χ3n) is 4.24. The molecule has 0 spiro atoms. The predicted molar refractivity (Wildman–Crippen MR) is 119 cm³/mol. The van der Waals surface area contributed by atoms with Crippen molar-refractivity contribution in [3.8, 4) is 0 Å². The van der Waals surface area contributed by atoms with Crippen molar-refractivity contribution in [2.75, 3.05) is 11.1 Å². The lowest BCUT2D eigenvalue weighted by molar-refractivity contribution is -0.113. The van der Waals surface area contributed by atoms with Crippen LogP contribution in [0.3, 0.4) is 0 Å². The molecule has 3 aromatic rings. The van der Waals surface area contributed by atoms with Gasteiger partial charge in [0.25, 0.3) is 5.91 Å². The number of nitrogens with zero attached hydrogens (tertiary/aromatic N) is 3. The van der Waals surface area contributed by atoms with Crippen molar-refractivity contribution in [1.82, 2.24) is 20.1 Å². The Morgan fingerprint density at radius 2 is 1.87 bits per heavy atom. The summed E-state index contributed by atoms with van der Waals surface area (Å²) in [4.78, 5) is 24.5. The van der Waals surface area contributed by atoms with Gasteiger partial charge in [0.2, 0.25) is 5.91 Å². The average Bonchev–Trinajstić information content (AvgIpc) is 3.07. The first-order valence-electron chi connectivity index (χ1n) is 8.95. The maximum atomic E-state index is 12.3. The van der Waals surface area contributed by atoms with E-state index in [4.69, 9.17) is 23.2 Å². The van der Waals surface area contributed by atoms with Crippen LogP contribution in [-0.4, -0.2) is 32.3 Å². The van der Waals surface area contributed by atoms with Crippen LogP contribution < -0.4 is 10.6 Å². The molecular weight excluding hydrogens is 445 g/mol. The van der Waals surface area contributed by atoms with E-state index in [1.807, 2.05) is 13.0 Å². The first-order valence-corrected chi connectivity index (χ1v) is 10.7. The molecule has 0 saturated carbocycles. The summed E-state index contributed by atoms with van der Waals surface area (Å²) >= 11 is 13.4. The van der Waals surface area contributed by atoms with Crippen LogP contribution in [0.5, 0.6) is 0 Å². The van der Waals surface area contributed by atoms with E-state index in [-0.39, 0.29) is 24.1 Å². The van der Waals surface area contributed by atoms with E-state index in [1.54, 1.807) is 48.0 Å². The van der Waals surface area contributed by atoms with Crippen LogP contribution in [0.25, 0.3) is 0 Å². The first-order chi connectivity index (χ1) is 14.3. The number of benzene rings is 2. The minimum Gasteiger partial charge on any atom is -0.345 e. The second-order valence-corrected chi connectivity index (χ2v) is 8.18. The van der Waals surface area contributed by atoms with Crippen molar-refractivity contribution in [3.63, 3.8) is 0 Å². The van der Waals surface area contributed by atoms with E-state index >= 15 is 0 Å². The number of hydrogen-bond acceptors (Lipinski definition) is 5. The van der Waals surface area contributed by atoms with Gasteiger partial charge in [-0.15, -0.1) is 10.2 Å². The lowest BCUT2D eigenvalue weighted by Gasteiger charge is -2.08. The number of carbonyl (C=O) groups excluding carboxylic acids is 2. The summed E-state index contributed by atoms with van der Waals surface area (Å²) in [5.41, 5.74) is 1.97. The molecule has 0 saturated heterocycles. The first kappa shape index (κ1) is 22.1. The molecule has 0 radical (unpaired) electrons. The quantitative estimate of drug-likeness (QED) is 0.515. The summed E-state index contributed by atoms with van der Waals surface area (Å²) in [7, 11) is 1.77. The summed E-state index contributed by atoms with van der Waals surface area (Å²) in [6.45, 7) is 2.08. The van der Waals surface area contributed by atoms with Crippen LogP contribution in [0.2, 0.25) is 10.0 Å². The second kappa shape index (κ2) is 9.97. The fraction of sp³-hybridized carbons (Fsp3) is 0.200.